The highest BCUT2D eigenvalue weighted by Gasteiger charge is 2.13. The van der Waals surface area contributed by atoms with Gasteiger partial charge in [0.15, 0.2) is 0 Å². The molecule has 0 saturated heterocycles. The quantitative estimate of drug-likeness (QED) is 0.215. The van der Waals surface area contributed by atoms with Gasteiger partial charge in [-0.15, -0.1) is 0 Å². The zero-order valence-corrected chi connectivity index (χ0v) is 20.7. The van der Waals surface area contributed by atoms with Crippen LogP contribution in [0.3, 0.4) is 0 Å². The Morgan fingerprint density at radius 1 is 0.824 bits per heavy atom. The molecule has 0 radical (unpaired) electrons. The summed E-state index contributed by atoms with van der Waals surface area (Å²) in [5, 5.41) is 10.9. The fraction of sp³-hybridized carbons (Fsp3) is 0.267. The van der Waals surface area contributed by atoms with Crippen LogP contribution in [-0.2, 0) is 0 Å². The van der Waals surface area contributed by atoms with Crippen molar-refractivity contribution in [3.8, 4) is 5.75 Å². The first kappa shape index (κ1) is 25.4. The number of nitrogens with zero attached hydrogens (tertiary/aromatic N) is 2. The first-order valence-electron chi connectivity index (χ1n) is 11.8. The molecule has 4 nitrogen and oxygen atoms in total. The summed E-state index contributed by atoms with van der Waals surface area (Å²) in [6.07, 6.45) is 4.35. The van der Waals surface area contributed by atoms with E-state index in [4.69, 9.17) is 4.74 Å². The van der Waals surface area contributed by atoms with E-state index < -0.39 is 0 Å². The summed E-state index contributed by atoms with van der Waals surface area (Å²) in [6.45, 7) is 4.20. The molecular weight excluding hydrogens is 420 g/mol. The molecule has 0 saturated carbocycles. The van der Waals surface area contributed by atoms with Gasteiger partial charge in [-0.3, -0.25) is 0 Å². The molecule has 0 heterocycles. The number of hydroxylamine groups is 2. The van der Waals surface area contributed by atoms with Crippen LogP contribution >= 0.6 is 0 Å². The maximum Gasteiger partial charge on any atom is 0.119 e. The number of likely N-dealkylation sites (N-methyl/N-ethyl adjacent to an activating group) is 1. The third kappa shape index (κ3) is 7.70. The fourth-order valence-electron chi connectivity index (χ4n) is 3.83. The van der Waals surface area contributed by atoms with Crippen LogP contribution in [0.1, 0.15) is 23.6 Å². The van der Waals surface area contributed by atoms with E-state index in [1.807, 2.05) is 38.4 Å². The van der Waals surface area contributed by atoms with Crippen LogP contribution in [-0.4, -0.2) is 56.0 Å². The van der Waals surface area contributed by atoms with Crippen LogP contribution in [0.4, 0.5) is 0 Å². The average molecular weight is 457 g/mol. The van der Waals surface area contributed by atoms with Gasteiger partial charge in [0.2, 0.25) is 0 Å². The summed E-state index contributed by atoms with van der Waals surface area (Å²) in [6, 6.07) is 29.3. The third-order valence-electron chi connectivity index (χ3n) is 5.51. The van der Waals surface area contributed by atoms with E-state index in [-0.39, 0.29) is 5.92 Å². The highest BCUT2D eigenvalue weighted by atomic mass is 16.5. The van der Waals surface area contributed by atoms with Crippen molar-refractivity contribution in [1.29, 1.82) is 0 Å². The monoisotopic (exact) mass is 456 g/mol. The predicted octanol–water partition coefficient (Wildman–Crippen LogP) is 6.10. The molecule has 1 atom stereocenters. The molecule has 3 aromatic rings. The summed E-state index contributed by atoms with van der Waals surface area (Å²) in [7, 11) is 5.76. The maximum absolute atomic E-state index is 9.66. The van der Waals surface area contributed by atoms with Crippen molar-refractivity contribution in [2.75, 3.05) is 40.8 Å². The van der Waals surface area contributed by atoms with E-state index in [0.717, 1.165) is 40.1 Å². The Hall–Kier alpha value is -3.18. The summed E-state index contributed by atoms with van der Waals surface area (Å²) >= 11 is 0. The molecule has 3 rings (SSSR count). The second-order valence-corrected chi connectivity index (χ2v) is 8.87. The Balaban J connectivity index is 2.08. The summed E-state index contributed by atoms with van der Waals surface area (Å²) < 4.78 is 5.92. The van der Waals surface area contributed by atoms with E-state index >= 15 is 0 Å². The topological polar surface area (TPSA) is 35.9 Å². The van der Waals surface area contributed by atoms with Crippen LogP contribution in [0, 0.1) is 5.92 Å². The molecule has 178 valence electrons. The van der Waals surface area contributed by atoms with Crippen molar-refractivity contribution in [3.05, 3.63) is 114 Å². The Bertz CT molecular complexity index is 1060. The van der Waals surface area contributed by atoms with Gasteiger partial charge >= 0.3 is 0 Å². The standard InChI is InChI=1S/C30H36N2O2/c1-24(23-32(4)33)15-20-29(25-11-7-5-8-12-25)30(26-13-9-6-10-14-26)27-16-18-28(19-17-27)34-22-21-31(2)3/h5-20,24,33H,21-23H2,1-4H3/b20-15-,30-29-. The van der Waals surface area contributed by atoms with Crippen molar-refractivity contribution in [2.45, 2.75) is 6.92 Å². The van der Waals surface area contributed by atoms with Gasteiger partial charge in [-0.05, 0) is 60.0 Å². The number of rotatable bonds is 11. The predicted molar refractivity (Wildman–Crippen MR) is 142 cm³/mol. The molecule has 0 aliphatic rings. The highest BCUT2D eigenvalue weighted by Crippen LogP contribution is 2.34. The zero-order valence-electron chi connectivity index (χ0n) is 20.7. The lowest BCUT2D eigenvalue weighted by atomic mass is 9.88. The van der Waals surface area contributed by atoms with Crippen molar-refractivity contribution in [2.24, 2.45) is 5.92 Å². The third-order valence-corrected chi connectivity index (χ3v) is 5.51. The van der Waals surface area contributed by atoms with Crippen LogP contribution in [0.25, 0.3) is 11.1 Å². The minimum absolute atomic E-state index is 0.193. The van der Waals surface area contributed by atoms with E-state index in [0.29, 0.717) is 13.2 Å². The molecule has 1 unspecified atom stereocenters. The van der Waals surface area contributed by atoms with Crippen molar-refractivity contribution in [1.82, 2.24) is 9.96 Å². The Labute approximate surface area is 204 Å². The van der Waals surface area contributed by atoms with Gasteiger partial charge in [0, 0.05) is 20.1 Å². The number of ether oxygens (including phenoxy) is 1. The summed E-state index contributed by atoms with van der Waals surface area (Å²) in [5.74, 6) is 1.06. The number of hydrogen-bond acceptors (Lipinski definition) is 4. The second-order valence-electron chi connectivity index (χ2n) is 8.87. The fourth-order valence-corrected chi connectivity index (χ4v) is 3.83. The number of hydrogen-bond donors (Lipinski definition) is 1. The Kier molecular flexibility index (Phi) is 9.65. The molecule has 0 aliphatic carbocycles. The van der Waals surface area contributed by atoms with Gasteiger partial charge in [0.05, 0.1) is 0 Å². The van der Waals surface area contributed by atoms with Gasteiger partial charge in [0.1, 0.15) is 12.4 Å². The average Bonchev–Trinajstić information content (AvgIpc) is 2.83. The smallest absolute Gasteiger partial charge is 0.119 e. The normalized spacial score (nSPS) is 13.4. The molecule has 0 aliphatic heterocycles. The molecule has 0 aromatic heterocycles. The van der Waals surface area contributed by atoms with Crippen molar-refractivity contribution >= 4 is 11.1 Å². The van der Waals surface area contributed by atoms with E-state index in [1.54, 1.807) is 7.05 Å². The van der Waals surface area contributed by atoms with Gasteiger partial charge < -0.3 is 14.8 Å². The van der Waals surface area contributed by atoms with Crippen LogP contribution in [0.2, 0.25) is 0 Å². The summed E-state index contributed by atoms with van der Waals surface area (Å²) in [5.41, 5.74) is 5.72. The number of benzene rings is 3. The van der Waals surface area contributed by atoms with Gasteiger partial charge in [0.25, 0.3) is 0 Å². The molecule has 0 spiro atoms. The molecular formula is C30H36N2O2. The van der Waals surface area contributed by atoms with Crippen molar-refractivity contribution < 1.29 is 9.94 Å². The lowest BCUT2D eigenvalue weighted by Crippen LogP contribution is -2.19. The van der Waals surface area contributed by atoms with Gasteiger partial charge in [-0.2, -0.15) is 5.06 Å². The van der Waals surface area contributed by atoms with E-state index in [9.17, 15) is 5.21 Å². The molecule has 0 amide bonds. The van der Waals surface area contributed by atoms with Crippen molar-refractivity contribution in [3.63, 3.8) is 0 Å². The van der Waals surface area contributed by atoms with E-state index in [2.05, 4.69) is 84.6 Å². The molecule has 34 heavy (non-hydrogen) atoms. The Morgan fingerprint density at radius 3 is 1.94 bits per heavy atom. The van der Waals surface area contributed by atoms with Crippen LogP contribution in [0.15, 0.2) is 97.1 Å². The van der Waals surface area contributed by atoms with Crippen LogP contribution < -0.4 is 4.74 Å². The zero-order chi connectivity index (χ0) is 24.3. The molecule has 4 heteroatoms. The lowest BCUT2D eigenvalue weighted by Gasteiger charge is -2.17. The minimum Gasteiger partial charge on any atom is -0.492 e. The highest BCUT2D eigenvalue weighted by molar-refractivity contribution is 6.02. The number of allylic oxidation sites excluding steroid dienone is 2. The second kappa shape index (κ2) is 12.9. The molecule has 1 N–H and O–H groups in total. The SMILES string of the molecule is CC(/C=C\C(=C(/c1ccccc1)c1ccc(OCCN(C)C)cc1)c1ccccc1)CN(C)O. The first-order valence-corrected chi connectivity index (χ1v) is 11.8. The Morgan fingerprint density at radius 2 is 1.38 bits per heavy atom. The van der Waals surface area contributed by atoms with Gasteiger partial charge in [-0.25, -0.2) is 0 Å². The first-order chi connectivity index (χ1) is 16.4. The lowest BCUT2D eigenvalue weighted by molar-refractivity contribution is -0.0706. The molecule has 0 bridgehead atoms. The minimum atomic E-state index is 0.193. The van der Waals surface area contributed by atoms with Crippen LogP contribution in [0.5, 0.6) is 5.75 Å². The summed E-state index contributed by atoms with van der Waals surface area (Å²) in [4.78, 5) is 2.11. The maximum atomic E-state index is 9.66. The molecule has 3 aromatic carbocycles. The largest absolute Gasteiger partial charge is 0.492 e. The molecule has 0 fully saturated rings. The van der Waals surface area contributed by atoms with E-state index in [1.165, 1.54) is 5.06 Å². The van der Waals surface area contributed by atoms with Gasteiger partial charge in [-0.1, -0.05) is 91.9 Å².